The Bertz CT molecular complexity index is 1240. The third-order valence-corrected chi connectivity index (χ3v) is 3.94. The standard InChI is InChI=1S/C17H12F2N6O3/c18-10-2-1-3-11(19)13(10)16-23-15(14-17(28)20-4-5-25(14)16)22-9-6-21-24(7-9)8-12(26)27/h1-7,22H,8H2,(H,20,28)(H,26,27). The van der Waals surface area contributed by atoms with Gasteiger partial charge in [-0.2, -0.15) is 5.10 Å². The van der Waals surface area contributed by atoms with Crippen LogP contribution in [0.15, 0.2) is 47.8 Å². The number of carbonyl (C=O) groups is 1. The molecular weight excluding hydrogens is 374 g/mol. The monoisotopic (exact) mass is 386 g/mol. The number of fused-ring (bicyclic) bond motifs is 1. The highest BCUT2D eigenvalue weighted by Gasteiger charge is 2.21. The van der Waals surface area contributed by atoms with Crippen molar-refractivity contribution in [3.8, 4) is 11.4 Å². The summed E-state index contributed by atoms with van der Waals surface area (Å²) < 4.78 is 31.0. The molecule has 3 heterocycles. The van der Waals surface area contributed by atoms with Crippen molar-refractivity contribution in [2.75, 3.05) is 5.32 Å². The number of carboxylic acid groups (broad SMARTS) is 1. The van der Waals surface area contributed by atoms with Crippen LogP contribution in [0.2, 0.25) is 0 Å². The summed E-state index contributed by atoms with van der Waals surface area (Å²) in [7, 11) is 0. The first-order valence-electron chi connectivity index (χ1n) is 7.99. The molecule has 0 aliphatic rings. The summed E-state index contributed by atoms with van der Waals surface area (Å²) in [5, 5.41) is 15.5. The van der Waals surface area contributed by atoms with Crippen LogP contribution in [-0.2, 0) is 11.3 Å². The van der Waals surface area contributed by atoms with Gasteiger partial charge in [-0.3, -0.25) is 18.7 Å². The number of hydrogen-bond acceptors (Lipinski definition) is 5. The van der Waals surface area contributed by atoms with Crippen LogP contribution < -0.4 is 10.9 Å². The van der Waals surface area contributed by atoms with Crippen molar-refractivity contribution in [1.82, 2.24) is 24.1 Å². The summed E-state index contributed by atoms with van der Waals surface area (Å²) in [6.07, 6.45) is 5.49. The summed E-state index contributed by atoms with van der Waals surface area (Å²) >= 11 is 0. The van der Waals surface area contributed by atoms with Crippen molar-refractivity contribution in [2.24, 2.45) is 0 Å². The van der Waals surface area contributed by atoms with E-state index in [4.69, 9.17) is 5.11 Å². The summed E-state index contributed by atoms with van der Waals surface area (Å²) in [4.78, 5) is 29.8. The maximum absolute atomic E-state index is 14.3. The minimum absolute atomic E-state index is 0.0335. The molecule has 3 aromatic heterocycles. The molecule has 1 aromatic carbocycles. The maximum atomic E-state index is 14.3. The molecule has 0 amide bonds. The molecular formula is C17H12F2N6O3. The lowest BCUT2D eigenvalue weighted by molar-refractivity contribution is -0.137. The fraction of sp³-hybridized carbons (Fsp3) is 0.0588. The van der Waals surface area contributed by atoms with E-state index in [1.54, 1.807) is 0 Å². The van der Waals surface area contributed by atoms with Gasteiger partial charge in [-0.1, -0.05) is 6.07 Å². The smallest absolute Gasteiger partial charge is 0.325 e. The van der Waals surface area contributed by atoms with Crippen molar-refractivity contribution < 1.29 is 18.7 Å². The van der Waals surface area contributed by atoms with Gasteiger partial charge in [0.2, 0.25) is 0 Å². The number of nitrogens with one attached hydrogen (secondary N) is 2. The minimum atomic E-state index is -1.07. The highest BCUT2D eigenvalue weighted by atomic mass is 19.1. The summed E-state index contributed by atoms with van der Waals surface area (Å²) in [6, 6.07) is 3.41. The zero-order valence-electron chi connectivity index (χ0n) is 14.1. The van der Waals surface area contributed by atoms with Gasteiger partial charge in [0, 0.05) is 18.6 Å². The molecule has 28 heavy (non-hydrogen) atoms. The van der Waals surface area contributed by atoms with Gasteiger partial charge in [-0.25, -0.2) is 13.8 Å². The third-order valence-electron chi connectivity index (χ3n) is 3.94. The van der Waals surface area contributed by atoms with Gasteiger partial charge in [0.1, 0.15) is 18.2 Å². The van der Waals surface area contributed by atoms with E-state index < -0.39 is 23.2 Å². The van der Waals surface area contributed by atoms with Crippen LogP contribution in [0.4, 0.5) is 20.3 Å². The molecule has 0 fully saturated rings. The molecule has 0 saturated carbocycles. The van der Waals surface area contributed by atoms with Crippen LogP contribution in [0, 0.1) is 11.6 Å². The zero-order chi connectivity index (χ0) is 19.8. The van der Waals surface area contributed by atoms with E-state index in [9.17, 15) is 18.4 Å². The van der Waals surface area contributed by atoms with Gasteiger partial charge in [0.05, 0.1) is 17.4 Å². The van der Waals surface area contributed by atoms with E-state index in [0.29, 0.717) is 5.69 Å². The SMILES string of the molecule is O=C(O)Cn1cc(Nc2nc(-c3c(F)cccc3F)n3cc[nH]c(=O)c23)cn1. The van der Waals surface area contributed by atoms with Gasteiger partial charge in [-0.05, 0) is 12.1 Å². The van der Waals surface area contributed by atoms with E-state index in [1.165, 1.54) is 39.9 Å². The predicted molar refractivity (Wildman–Crippen MR) is 94.3 cm³/mol. The Morgan fingerprint density at radius 2 is 2.04 bits per heavy atom. The van der Waals surface area contributed by atoms with Crippen LogP contribution in [0.25, 0.3) is 16.9 Å². The molecule has 9 nitrogen and oxygen atoms in total. The molecule has 4 aromatic rings. The highest BCUT2D eigenvalue weighted by molar-refractivity contribution is 5.78. The highest BCUT2D eigenvalue weighted by Crippen LogP contribution is 2.29. The fourth-order valence-corrected chi connectivity index (χ4v) is 2.82. The number of carboxylic acids is 1. The number of hydrogen-bond donors (Lipinski definition) is 3. The second-order valence-electron chi connectivity index (χ2n) is 5.83. The van der Waals surface area contributed by atoms with Crippen molar-refractivity contribution in [3.63, 3.8) is 0 Å². The lowest BCUT2D eigenvalue weighted by Crippen LogP contribution is -2.10. The number of benzene rings is 1. The molecule has 0 bridgehead atoms. The van der Waals surface area contributed by atoms with Crippen molar-refractivity contribution in [3.05, 3.63) is 65.0 Å². The van der Waals surface area contributed by atoms with Crippen molar-refractivity contribution in [2.45, 2.75) is 6.54 Å². The number of rotatable bonds is 5. The summed E-state index contributed by atoms with van der Waals surface area (Å²) in [6.45, 7) is -0.349. The van der Waals surface area contributed by atoms with Crippen molar-refractivity contribution >= 4 is 23.0 Å². The molecule has 0 atom stereocenters. The molecule has 0 aliphatic carbocycles. The van der Waals surface area contributed by atoms with Crippen LogP contribution >= 0.6 is 0 Å². The number of aromatic amines is 1. The summed E-state index contributed by atoms with van der Waals surface area (Å²) in [5.74, 6) is -2.79. The van der Waals surface area contributed by atoms with Gasteiger partial charge in [0.25, 0.3) is 5.56 Å². The van der Waals surface area contributed by atoms with E-state index in [2.05, 4.69) is 20.4 Å². The maximum Gasteiger partial charge on any atom is 0.325 e. The molecule has 0 aliphatic heterocycles. The number of aromatic nitrogens is 5. The predicted octanol–water partition coefficient (Wildman–Crippen LogP) is 1.99. The largest absolute Gasteiger partial charge is 0.480 e. The molecule has 4 rings (SSSR count). The van der Waals surface area contributed by atoms with E-state index >= 15 is 0 Å². The second-order valence-corrected chi connectivity index (χ2v) is 5.83. The van der Waals surface area contributed by atoms with Crippen LogP contribution in [0.1, 0.15) is 0 Å². The van der Waals surface area contributed by atoms with Gasteiger partial charge in [-0.15, -0.1) is 0 Å². The minimum Gasteiger partial charge on any atom is -0.480 e. The normalized spacial score (nSPS) is 11.1. The number of halogens is 2. The quantitative estimate of drug-likeness (QED) is 0.483. The third kappa shape index (κ3) is 2.98. The number of anilines is 2. The number of H-pyrrole nitrogens is 1. The topological polar surface area (TPSA) is 117 Å². The van der Waals surface area contributed by atoms with Gasteiger partial charge in [0.15, 0.2) is 17.2 Å². The Balaban J connectivity index is 1.85. The molecule has 11 heteroatoms. The zero-order valence-corrected chi connectivity index (χ0v) is 14.1. The molecule has 0 saturated heterocycles. The summed E-state index contributed by atoms with van der Waals surface area (Å²) in [5.41, 5.74) is -0.521. The average molecular weight is 386 g/mol. The van der Waals surface area contributed by atoms with Gasteiger partial charge >= 0.3 is 5.97 Å². The molecule has 142 valence electrons. The number of imidazole rings is 1. The second kappa shape index (κ2) is 6.61. The Kier molecular flexibility index (Phi) is 4.11. The van der Waals surface area contributed by atoms with Crippen LogP contribution in [0.5, 0.6) is 0 Å². The number of nitrogens with zero attached hydrogens (tertiary/aromatic N) is 4. The van der Waals surface area contributed by atoms with E-state index in [0.717, 1.165) is 12.1 Å². The average Bonchev–Trinajstić information content (AvgIpc) is 3.20. The fourth-order valence-electron chi connectivity index (χ4n) is 2.82. The van der Waals surface area contributed by atoms with Gasteiger partial charge < -0.3 is 15.4 Å². The lowest BCUT2D eigenvalue weighted by Gasteiger charge is -2.03. The first kappa shape index (κ1) is 17.4. The molecule has 0 unspecified atom stereocenters. The molecule has 3 N–H and O–H groups in total. The van der Waals surface area contributed by atoms with E-state index in [1.807, 2.05) is 0 Å². The molecule has 0 spiro atoms. The molecule has 0 radical (unpaired) electrons. The first-order valence-corrected chi connectivity index (χ1v) is 7.99. The van der Waals surface area contributed by atoms with Crippen LogP contribution in [0.3, 0.4) is 0 Å². The Morgan fingerprint density at radius 3 is 2.75 bits per heavy atom. The first-order chi connectivity index (χ1) is 13.4. The van der Waals surface area contributed by atoms with Crippen LogP contribution in [-0.4, -0.2) is 35.2 Å². The lowest BCUT2D eigenvalue weighted by atomic mass is 10.2. The number of aliphatic carboxylic acids is 1. The Labute approximate surface area is 154 Å². The van der Waals surface area contributed by atoms with Crippen molar-refractivity contribution in [1.29, 1.82) is 0 Å². The van der Waals surface area contributed by atoms with E-state index in [-0.39, 0.29) is 29.3 Å². The Hall–Kier alpha value is -4.02. The Morgan fingerprint density at radius 1 is 1.29 bits per heavy atom.